The van der Waals surface area contributed by atoms with Crippen LogP contribution in [0, 0.1) is 0 Å². The maximum Gasteiger partial charge on any atom is 0.255 e. The van der Waals surface area contributed by atoms with E-state index in [1.165, 1.54) is 5.56 Å². The summed E-state index contributed by atoms with van der Waals surface area (Å²) in [5, 5.41) is 3.39. The number of para-hydroxylation sites is 1. The fourth-order valence-corrected chi connectivity index (χ4v) is 2.88. The summed E-state index contributed by atoms with van der Waals surface area (Å²) in [6.45, 7) is 5.24. The molecule has 3 nitrogen and oxygen atoms in total. The van der Waals surface area contributed by atoms with Crippen LogP contribution in [-0.4, -0.2) is 30.4 Å². The molecule has 1 heterocycles. The van der Waals surface area contributed by atoms with Gasteiger partial charge in [0.1, 0.15) is 0 Å². The van der Waals surface area contributed by atoms with Gasteiger partial charge < -0.3 is 10.2 Å². The molecule has 0 fully saturated rings. The second kappa shape index (κ2) is 6.09. The maximum absolute atomic E-state index is 12.7. The van der Waals surface area contributed by atoms with Crippen molar-refractivity contribution < 1.29 is 4.79 Å². The first-order valence-corrected chi connectivity index (χ1v) is 7.31. The van der Waals surface area contributed by atoms with Gasteiger partial charge in [-0.2, -0.15) is 0 Å². The molecule has 0 saturated heterocycles. The van der Waals surface area contributed by atoms with Crippen LogP contribution in [0.25, 0.3) is 0 Å². The van der Waals surface area contributed by atoms with Crippen LogP contribution in [-0.2, 0) is 6.42 Å². The van der Waals surface area contributed by atoms with Crippen molar-refractivity contribution in [2.75, 3.05) is 18.9 Å². The predicted molar refractivity (Wildman–Crippen MR) is 79.7 cm³/mol. The van der Waals surface area contributed by atoms with Gasteiger partial charge in [-0.25, -0.2) is 0 Å². The summed E-state index contributed by atoms with van der Waals surface area (Å²) in [7, 11) is 1.92. The quantitative estimate of drug-likeness (QED) is 0.901. The van der Waals surface area contributed by atoms with Crippen molar-refractivity contribution in [2.24, 2.45) is 0 Å². The molecule has 0 aromatic heterocycles. The Labute approximate surface area is 116 Å². The lowest BCUT2D eigenvalue weighted by molar-refractivity contribution is 0.0724. The van der Waals surface area contributed by atoms with Crippen LogP contribution in [0.2, 0.25) is 0 Å². The number of fused-ring (bicyclic) bond motifs is 1. The number of rotatable bonds is 4. The molecule has 1 aromatic carbocycles. The van der Waals surface area contributed by atoms with Crippen molar-refractivity contribution in [3.8, 4) is 0 Å². The molecule has 0 unspecified atom stereocenters. The summed E-state index contributed by atoms with van der Waals surface area (Å²) >= 11 is 0. The fraction of sp³-hybridized carbons (Fsp3) is 0.562. The van der Waals surface area contributed by atoms with Gasteiger partial charge in [-0.05, 0) is 37.3 Å². The van der Waals surface area contributed by atoms with E-state index in [2.05, 4.69) is 25.2 Å². The van der Waals surface area contributed by atoms with Gasteiger partial charge in [-0.1, -0.05) is 26.0 Å². The molecule has 0 bridgehead atoms. The van der Waals surface area contributed by atoms with Gasteiger partial charge in [-0.15, -0.1) is 0 Å². The summed E-state index contributed by atoms with van der Waals surface area (Å²) in [5.41, 5.74) is 3.15. The average molecular weight is 260 g/mol. The number of hydrogen-bond donors (Lipinski definition) is 1. The van der Waals surface area contributed by atoms with Gasteiger partial charge in [0.25, 0.3) is 5.91 Å². The minimum atomic E-state index is 0.139. The molecule has 2 rings (SSSR count). The van der Waals surface area contributed by atoms with Gasteiger partial charge in [0.05, 0.1) is 11.3 Å². The van der Waals surface area contributed by atoms with Crippen LogP contribution in [0.15, 0.2) is 18.2 Å². The van der Waals surface area contributed by atoms with Crippen molar-refractivity contribution in [1.82, 2.24) is 4.90 Å². The summed E-state index contributed by atoms with van der Waals surface area (Å²) in [4.78, 5) is 14.6. The summed E-state index contributed by atoms with van der Waals surface area (Å²) in [6.07, 6.45) is 4.22. The highest BCUT2D eigenvalue weighted by Crippen LogP contribution is 2.27. The first-order valence-electron chi connectivity index (χ1n) is 7.31. The number of hydrogen-bond acceptors (Lipinski definition) is 2. The zero-order valence-corrected chi connectivity index (χ0v) is 12.2. The number of nitrogens with zero attached hydrogens (tertiary/aromatic N) is 1. The van der Waals surface area contributed by atoms with Gasteiger partial charge in [0.15, 0.2) is 0 Å². The maximum atomic E-state index is 12.7. The Kier molecular flexibility index (Phi) is 4.46. The second-order valence-electron chi connectivity index (χ2n) is 5.26. The molecule has 19 heavy (non-hydrogen) atoms. The molecule has 0 spiro atoms. The Hall–Kier alpha value is -1.51. The van der Waals surface area contributed by atoms with Crippen molar-refractivity contribution in [2.45, 2.75) is 45.6 Å². The Morgan fingerprint density at radius 1 is 1.37 bits per heavy atom. The summed E-state index contributed by atoms with van der Waals surface area (Å²) in [5.74, 6) is 0.139. The first-order chi connectivity index (χ1) is 9.19. The topological polar surface area (TPSA) is 32.3 Å². The number of anilines is 1. The van der Waals surface area contributed by atoms with E-state index in [0.29, 0.717) is 6.04 Å². The minimum Gasteiger partial charge on any atom is -0.384 e. The molecule has 1 amide bonds. The van der Waals surface area contributed by atoms with E-state index in [-0.39, 0.29) is 5.91 Å². The monoisotopic (exact) mass is 260 g/mol. The van der Waals surface area contributed by atoms with E-state index >= 15 is 0 Å². The van der Waals surface area contributed by atoms with E-state index in [1.54, 1.807) is 0 Å². The largest absolute Gasteiger partial charge is 0.384 e. The molecule has 3 heteroatoms. The van der Waals surface area contributed by atoms with E-state index < -0.39 is 0 Å². The number of carbonyl (C=O) groups is 1. The molecule has 0 atom stereocenters. The Bertz CT molecular complexity index is 452. The fourth-order valence-electron chi connectivity index (χ4n) is 2.88. The molecule has 1 aliphatic rings. The zero-order valence-electron chi connectivity index (χ0n) is 12.2. The molecule has 0 aliphatic carbocycles. The molecule has 0 radical (unpaired) electrons. The van der Waals surface area contributed by atoms with Crippen LogP contribution in [0.1, 0.15) is 49.0 Å². The molecule has 0 saturated carbocycles. The highest BCUT2D eigenvalue weighted by Gasteiger charge is 2.23. The lowest BCUT2D eigenvalue weighted by Crippen LogP contribution is -2.37. The van der Waals surface area contributed by atoms with Gasteiger partial charge in [0.2, 0.25) is 0 Å². The molecule has 1 aliphatic heterocycles. The van der Waals surface area contributed by atoms with E-state index in [9.17, 15) is 4.79 Å². The van der Waals surface area contributed by atoms with Gasteiger partial charge in [0, 0.05) is 19.6 Å². The molecule has 104 valence electrons. The van der Waals surface area contributed by atoms with Crippen LogP contribution in [0.3, 0.4) is 0 Å². The second-order valence-corrected chi connectivity index (χ2v) is 5.26. The normalized spacial score (nSPS) is 13.9. The third kappa shape index (κ3) is 2.75. The molecular weight excluding hydrogens is 236 g/mol. The third-order valence-electron chi connectivity index (χ3n) is 4.12. The number of aryl methyl sites for hydroxylation is 1. The lowest BCUT2D eigenvalue weighted by atomic mass is 9.98. The van der Waals surface area contributed by atoms with E-state index in [4.69, 9.17) is 0 Å². The first kappa shape index (κ1) is 13.9. The van der Waals surface area contributed by atoms with Crippen molar-refractivity contribution in [1.29, 1.82) is 0 Å². The minimum absolute atomic E-state index is 0.139. The average Bonchev–Trinajstić information content (AvgIpc) is 2.47. The number of benzene rings is 1. The molecule has 1 aromatic rings. The van der Waals surface area contributed by atoms with Crippen molar-refractivity contribution >= 4 is 11.6 Å². The number of carbonyl (C=O) groups excluding carboxylic acids is 1. The Balaban J connectivity index is 2.29. The molecule has 1 N–H and O–H groups in total. The SMILES string of the molecule is CCC(CC)N(C)C(=O)c1cccc2c1NCCC2. The summed E-state index contributed by atoms with van der Waals surface area (Å²) < 4.78 is 0. The van der Waals surface area contributed by atoms with E-state index in [1.807, 2.05) is 24.1 Å². The van der Waals surface area contributed by atoms with Crippen LogP contribution in [0.5, 0.6) is 0 Å². The zero-order chi connectivity index (χ0) is 13.8. The van der Waals surface area contributed by atoms with Crippen LogP contribution < -0.4 is 5.32 Å². The van der Waals surface area contributed by atoms with Gasteiger partial charge >= 0.3 is 0 Å². The lowest BCUT2D eigenvalue weighted by Gasteiger charge is -2.28. The van der Waals surface area contributed by atoms with Crippen LogP contribution in [0.4, 0.5) is 5.69 Å². The van der Waals surface area contributed by atoms with Crippen molar-refractivity contribution in [3.05, 3.63) is 29.3 Å². The third-order valence-corrected chi connectivity index (χ3v) is 4.12. The summed E-state index contributed by atoms with van der Waals surface area (Å²) in [6, 6.07) is 6.39. The smallest absolute Gasteiger partial charge is 0.255 e. The van der Waals surface area contributed by atoms with Crippen molar-refractivity contribution in [3.63, 3.8) is 0 Å². The highest BCUT2D eigenvalue weighted by atomic mass is 16.2. The Morgan fingerprint density at radius 2 is 2.11 bits per heavy atom. The highest BCUT2D eigenvalue weighted by molar-refractivity contribution is 6.00. The standard InChI is InChI=1S/C16H24N2O/c1-4-13(5-2)18(3)16(19)14-10-6-8-12-9-7-11-17-15(12)14/h6,8,10,13,17H,4-5,7,9,11H2,1-3H3. The number of amides is 1. The van der Waals surface area contributed by atoms with E-state index in [0.717, 1.165) is 43.5 Å². The van der Waals surface area contributed by atoms with Crippen LogP contribution >= 0.6 is 0 Å². The predicted octanol–water partition coefficient (Wildman–Crippen LogP) is 3.31. The van der Waals surface area contributed by atoms with Gasteiger partial charge in [-0.3, -0.25) is 4.79 Å². The number of nitrogens with one attached hydrogen (secondary N) is 1. The Morgan fingerprint density at radius 3 is 2.79 bits per heavy atom. The molecular formula is C16H24N2O.